The van der Waals surface area contributed by atoms with Gasteiger partial charge in [0.25, 0.3) is 40.5 Å². The number of anilines is 2. The highest BCUT2D eigenvalue weighted by Gasteiger charge is 2.29. The Morgan fingerprint density at radius 3 is 1.73 bits per heavy atom. The summed E-state index contributed by atoms with van der Waals surface area (Å²) < 4.78 is 143. The van der Waals surface area contributed by atoms with E-state index in [0.717, 1.165) is 25.3 Å². The molecule has 0 aliphatic rings. The summed E-state index contributed by atoms with van der Waals surface area (Å²) in [4.78, 5) is -4.02. The van der Waals surface area contributed by atoms with Crippen LogP contribution in [0.4, 0.5) is 34.1 Å². The number of nitrogens with zero attached hydrogens (tertiary/aromatic N) is 4. The van der Waals surface area contributed by atoms with E-state index in [1.54, 1.807) is 6.07 Å². The maximum Gasteiger partial charge on any atom is 0.297 e. The molecule has 0 radical (unpaired) electrons. The maximum atomic E-state index is 12.5. The van der Waals surface area contributed by atoms with Crippen LogP contribution >= 0.6 is 0 Å². The van der Waals surface area contributed by atoms with Crippen LogP contribution in [0.25, 0.3) is 21.5 Å². The van der Waals surface area contributed by atoms with Crippen molar-refractivity contribution in [2.45, 2.75) is 19.6 Å². The Hall–Kier alpha value is -5.34. The minimum Gasteiger partial charge on any atom is -0.505 e. The lowest BCUT2D eigenvalue weighted by atomic mass is 10.1. The zero-order chi connectivity index (χ0) is 37.8. The lowest BCUT2D eigenvalue weighted by molar-refractivity contribution is 0.415. The molecule has 20 nitrogen and oxygen atoms in total. The molecule has 268 valence electrons. The third kappa shape index (κ3) is 7.14. The first kappa shape index (κ1) is 36.9. The van der Waals surface area contributed by atoms with Crippen molar-refractivity contribution in [1.29, 1.82) is 0 Å². The largest absolute Gasteiger partial charge is 0.505 e. The second-order valence-electron chi connectivity index (χ2n) is 10.3. The summed E-state index contributed by atoms with van der Waals surface area (Å²) >= 11 is 0. The van der Waals surface area contributed by atoms with Gasteiger partial charge in [0.1, 0.15) is 48.1 Å². The molecule has 0 atom stereocenters. The fraction of sp³-hybridized carbons (Fsp3) is 0.0370. The van der Waals surface area contributed by atoms with Gasteiger partial charge in [-0.1, -0.05) is 30.3 Å². The number of hydrogen-bond donors (Lipinski definition) is 7. The molecule has 0 saturated carbocycles. The molecule has 0 aromatic heterocycles. The number of phenolic OH excluding ortho intramolecular Hbond substituents is 1. The quantitative estimate of drug-likeness (QED) is 0.0605. The molecule has 9 N–H and O–H groups in total. The maximum absolute atomic E-state index is 12.5. The van der Waals surface area contributed by atoms with Crippen molar-refractivity contribution < 1.29 is 61.7 Å². The van der Waals surface area contributed by atoms with Crippen molar-refractivity contribution in [3.63, 3.8) is 0 Å². The number of benzene rings is 5. The monoisotopic (exact) mass is 782 g/mol. The molecular weight excluding hydrogens is 761 g/mol. The van der Waals surface area contributed by atoms with Crippen molar-refractivity contribution in [2.24, 2.45) is 20.5 Å². The van der Waals surface area contributed by atoms with Gasteiger partial charge in [0.2, 0.25) is 0 Å². The van der Waals surface area contributed by atoms with Gasteiger partial charge in [-0.2, -0.15) is 33.7 Å². The number of rotatable bonds is 9. The summed E-state index contributed by atoms with van der Waals surface area (Å²) in [5.74, 6) is -1.44. The Morgan fingerprint density at radius 2 is 1.16 bits per heavy atom. The Kier molecular flexibility index (Phi) is 9.24. The van der Waals surface area contributed by atoms with E-state index in [9.17, 15) is 57.0 Å². The molecule has 0 heterocycles. The highest BCUT2D eigenvalue weighted by molar-refractivity contribution is 7.86. The number of hydrogen-bond acceptors (Lipinski definition) is 16. The SMILES string of the molecule is COc1cc(S(=O)(=O)O)c(N=Nc2c(S(=O)(=O)O)cc3cc(S(=O)(=O)O)c(N=Nc4ccc5ccccc5c4S(=O)(=O)O)c(N)c3c2O)cc1N. The first-order chi connectivity index (χ1) is 23.5. The first-order valence-corrected chi connectivity index (χ1v) is 19.1. The van der Waals surface area contributed by atoms with Gasteiger partial charge in [0.05, 0.1) is 23.9 Å². The van der Waals surface area contributed by atoms with Crippen LogP contribution in [-0.4, -0.2) is 64.1 Å². The molecule has 24 heteroatoms. The van der Waals surface area contributed by atoms with E-state index in [1.807, 2.05) is 0 Å². The second-order valence-corrected chi connectivity index (χ2v) is 15.8. The van der Waals surface area contributed by atoms with Crippen LogP contribution in [0.15, 0.2) is 101 Å². The fourth-order valence-electron chi connectivity index (χ4n) is 4.92. The topological polar surface area (TPSA) is 348 Å². The molecule has 0 amide bonds. The number of nitrogen functional groups attached to an aromatic ring is 2. The molecule has 0 saturated heterocycles. The minimum absolute atomic E-state index is 0.000835. The highest BCUT2D eigenvalue weighted by Crippen LogP contribution is 2.49. The summed E-state index contributed by atoms with van der Waals surface area (Å²) in [7, 11) is -19.6. The lowest BCUT2D eigenvalue weighted by Crippen LogP contribution is -2.04. The van der Waals surface area contributed by atoms with Crippen LogP contribution in [0, 0.1) is 0 Å². The molecule has 0 spiro atoms. The Balaban J connectivity index is 1.82. The molecule has 0 aliphatic carbocycles. The standard InChI is InChI=1S/C27H22N6O14S4/c1-47-18-11-19(48(35,36)37)17(10-15(18)28)31-33-25-21(50(41,42)43)9-13-8-20(49(38,39)40)24(23(29)22(13)26(25)34)32-30-16-7-6-12-4-2-3-5-14(12)27(16)51(44,45)46/h2-11,34H,28-29H2,1H3,(H,35,36,37)(H,38,39,40)(H,41,42,43)(H,44,45,46). The average molecular weight is 783 g/mol. The molecular formula is C27H22N6O14S4. The van der Waals surface area contributed by atoms with Crippen LogP contribution in [0.3, 0.4) is 0 Å². The summed E-state index contributed by atoms with van der Waals surface area (Å²) in [6, 6.07) is 11.2. The molecule has 5 aromatic carbocycles. The number of fused-ring (bicyclic) bond motifs is 2. The molecule has 0 unspecified atom stereocenters. The molecule has 5 aromatic rings. The number of phenols is 1. The molecule has 0 bridgehead atoms. The predicted molar refractivity (Wildman–Crippen MR) is 179 cm³/mol. The zero-order valence-corrected chi connectivity index (χ0v) is 28.5. The van der Waals surface area contributed by atoms with Crippen LogP contribution in [-0.2, 0) is 40.5 Å². The third-order valence-electron chi connectivity index (χ3n) is 7.09. The van der Waals surface area contributed by atoms with Crippen LogP contribution in [0.5, 0.6) is 11.5 Å². The predicted octanol–water partition coefficient (Wildman–Crippen LogP) is 4.69. The van der Waals surface area contributed by atoms with Gasteiger partial charge in [-0.25, -0.2) is 0 Å². The van der Waals surface area contributed by atoms with E-state index in [-0.39, 0.29) is 16.8 Å². The zero-order valence-electron chi connectivity index (χ0n) is 25.3. The Bertz CT molecular complexity index is 2830. The third-order valence-corrected chi connectivity index (χ3v) is 10.7. The minimum atomic E-state index is -5.36. The first-order valence-electron chi connectivity index (χ1n) is 13.4. The number of ether oxygens (including phenoxy) is 1. The van der Waals surface area contributed by atoms with Gasteiger partial charge in [-0.15, -0.1) is 20.5 Å². The van der Waals surface area contributed by atoms with Crippen LogP contribution in [0.2, 0.25) is 0 Å². The number of azo groups is 2. The van der Waals surface area contributed by atoms with E-state index in [1.165, 1.54) is 24.3 Å². The van der Waals surface area contributed by atoms with Crippen molar-refractivity contribution in [2.75, 3.05) is 18.6 Å². The van der Waals surface area contributed by atoms with Crippen molar-refractivity contribution in [3.05, 3.63) is 60.7 Å². The summed E-state index contributed by atoms with van der Waals surface area (Å²) in [5, 5.41) is 25.0. The average Bonchev–Trinajstić information content (AvgIpc) is 3.01. The number of aromatic hydroxyl groups is 1. The normalized spacial score (nSPS) is 13.1. The van der Waals surface area contributed by atoms with Gasteiger partial charge >= 0.3 is 0 Å². The Morgan fingerprint density at radius 1 is 0.608 bits per heavy atom. The second kappa shape index (κ2) is 12.8. The summed E-state index contributed by atoms with van der Waals surface area (Å²) in [6.07, 6.45) is 0. The van der Waals surface area contributed by atoms with Gasteiger partial charge in [0, 0.05) is 11.5 Å². The van der Waals surface area contributed by atoms with E-state index < -0.39 is 105 Å². The van der Waals surface area contributed by atoms with E-state index >= 15 is 0 Å². The van der Waals surface area contributed by atoms with Gasteiger partial charge in [0.15, 0.2) is 5.75 Å². The molecule has 0 aliphatic heterocycles. The van der Waals surface area contributed by atoms with Gasteiger partial charge in [-0.3, -0.25) is 18.2 Å². The number of nitrogens with two attached hydrogens (primary N) is 2. The van der Waals surface area contributed by atoms with E-state index in [4.69, 9.17) is 16.2 Å². The molecule has 0 fully saturated rings. The molecule has 5 rings (SSSR count). The van der Waals surface area contributed by atoms with Crippen LogP contribution in [0.1, 0.15) is 0 Å². The summed E-state index contributed by atoms with van der Waals surface area (Å²) in [6.45, 7) is 0. The van der Waals surface area contributed by atoms with Gasteiger partial charge < -0.3 is 21.3 Å². The van der Waals surface area contributed by atoms with Crippen molar-refractivity contribution in [1.82, 2.24) is 0 Å². The van der Waals surface area contributed by atoms with E-state index in [0.29, 0.717) is 17.5 Å². The van der Waals surface area contributed by atoms with E-state index in [2.05, 4.69) is 20.5 Å². The van der Waals surface area contributed by atoms with Crippen molar-refractivity contribution >= 4 is 96.1 Å². The van der Waals surface area contributed by atoms with Gasteiger partial charge in [-0.05, 0) is 35.0 Å². The smallest absolute Gasteiger partial charge is 0.297 e. The summed E-state index contributed by atoms with van der Waals surface area (Å²) in [5.41, 5.74) is 7.67. The molecule has 51 heavy (non-hydrogen) atoms. The van der Waals surface area contributed by atoms with Crippen molar-refractivity contribution in [3.8, 4) is 11.5 Å². The number of methoxy groups -OCH3 is 1. The highest BCUT2D eigenvalue weighted by atomic mass is 32.2. The van der Waals surface area contributed by atoms with Crippen LogP contribution < -0.4 is 16.2 Å². The Labute approximate surface area is 287 Å². The lowest BCUT2D eigenvalue weighted by Gasteiger charge is -2.14. The fourth-order valence-corrected chi connectivity index (χ4v) is 7.71.